The van der Waals surface area contributed by atoms with Crippen LogP contribution in [0.1, 0.15) is 11.1 Å². The van der Waals surface area contributed by atoms with Crippen molar-refractivity contribution in [3.05, 3.63) is 64.0 Å². The fourth-order valence-electron chi connectivity index (χ4n) is 4.58. The third-order valence-electron chi connectivity index (χ3n) is 6.59. The minimum atomic E-state index is -1.49. The van der Waals surface area contributed by atoms with Crippen LogP contribution >= 0.6 is 0 Å². The van der Waals surface area contributed by atoms with Crippen LogP contribution in [0.25, 0.3) is 22.2 Å². The number of ether oxygens (including phenoxy) is 1. The van der Waals surface area contributed by atoms with Gasteiger partial charge in [0.05, 0.1) is 29.0 Å². The van der Waals surface area contributed by atoms with Gasteiger partial charge in [-0.1, -0.05) is 31.6 Å². The maximum absolute atomic E-state index is 12.2. The van der Waals surface area contributed by atoms with Crippen LogP contribution in [0.3, 0.4) is 0 Å². The van der Waals surface area contributed by atoms with Gasteiger partial charge in [-0.2, -0.15) is 0 Å². The summed E-state index contributed by atoms with van der Waals surface area (Å²) in [7, 11) is 7.57. The zero-order valence-corrected chi connectivity index (χ0v) is 25.9. The SMILES string of the molecule is CNc1cc(OC)c(Nc2nccc(-c3cn(C)c4cc(C#C[Si](C)(C)C)ccc34)n2)c(CCN(C)C)c1[N+](=O)[O-]. The van der Waals surface area contributed by atoms with Gasteiger partial charge in [0.2, 0.25) is 5.95 Å². The van der Waals surface area contributed by atoms with Crippen LogP contribution in [0, 0.1) is 21.6 Å². The van der Waals surface area contributed by atoms with Crippen LogP contribution in [-0.4, -0.2) is 67.2 Å². The standard InChI is InChI=1S/C30H37N7O3Si/c1-31-25-18-27(40-5)28(22(12-15-35(2)3)29(25)37(38)39)34-30-32-14-11-24(33-30)23-19-36(4)26-17-20(9-10-21(23)26)13-16-41(6,7)8/h9-11,14,17-19,31H,12,15H2,1-8H3,(H,32,33,34). The first-order valence-electron chi connectivity index (χ1n) is 13.3. The van der Waals surface area contributed by atoms with Gasteiger partial charge in [-0.25, -0.2) is 9.97 Å². The molecule has 0 saturated carbocycles. The van der Waals surface area contributed by atoms with Gasteiger partial charge in [0.15, 0.2) is 0 Å². The number of aryl methyl sites for hydroxylation is 1. The monoisotopic (exact) mass is 571 g/mol. The molecule has 0 unspecified atom stereocenters. The van der Waals surface area contributed by atoms with Crippen molar-refractivity contribution in [1.82, 2.24) is 19.4 Å². The van der Waals surface area contributed by atoms with Gasteiger partial charge >= 0.3 is 0 Å². The van der Waals surface area contributed by atoms with Gasteiger partial charge in [-0.15, -0.1) is 5.54 Å². The molecule has 0 radical (unpaired) electrons. The second-order valence-electron chi connectivity index (χ2n) is 11.2. The molecule has 2 N–H and O–H groups in total. The molecule has 11 heteroatoms. The smallest absolute Gasteiger partial charge is 0.297 e. The van der Waals surface area contributed by atoms with E-state index in [0.29, 0.717) is 41.6 Å². The number of hydrogen-bond acceptors (Lipinski definition) is 8. The van der Waals surface area contributed by atoms with E-state index in [1.807, 2.05) is 44.4 Å². The lowest BCUT2D eigenvalue weighted by Gasteiger charge is -2.19. The number of likely N-dealkylation sites (N-methyl/N-ethyl adjacent to an activating group) is 1. The van der Waals surface area contributed by atoms with E-state index in [4.69, 9.17) is 9.72 Å². The van der Waals surface area contributed by atoms with Gasteiger partial charge in [0, 0.05) is 61.1 Å². The van der Waals surface area contributed by atoms with Gasteiger partial charge in [-0.3, -0.25) is 10.1 Å². The first kappa shape index (κ1) is 29.6. The molecule has 0 bridgehead atoms. The number of nitrogens with zero attached hydrogens (tertiary/aromatic N) is 5. The molecule has 2 heterocycles. The summed E-state index contributed by atoms with van der Waals surface area (Å²) in [5.74, 6) is 4.11. The Morgan fingerprint density at radius 1 is 1.20 bits per heavy atom. The molecular formula is C30H37N7O3Si. The zero-order chi connectivity index (χ0) is 29.9. The maximum atomic E-state index is 12.2. The third kappa shape index (κ3) is 6.67. The van der Waals surface area contributed by atoms with E-state index in [2.05, 4.69) is 63.4 Å². The summed E-state index contributed by atoms with van der Waals surface area (Å²) in [5, 5.41) is 19.4. The topological polar surface area (TPSA) is 110 Å². The summed E-state index contributed by atoms with van der Waals surface area (Å²) in [6.45, 7) is 7.29. The van der Waals surface area contributed by atoms with Crippen LogP contribution in [0.4, 0.5) is 23.0 Å². The first-order valence-corrected chi connectivity index (χ1v) is 16.8. The first-order chi connectivity index (χ1) is 19.4. The van der Waals surface area contributed by atoms with E-state index in [9.17, 15) is 10.1 Å². The van der Waals surface area contributed by atoms with Crippen LogP contribution < -0.4 is 15.4 Å². The van der Waals surface area contributed by atoms with Gasteiger partial charge in [0.1, 0.15) is 19.5 Å². The Morgan fingerprint density at radius 2 is 1.95 bits per heavy atom. The number of aromatic nitrogens is 3. The predicted molar refractivity (Wildman–Crippen MR) is 169 cm³/mol. The number of nitro groups is 1. The highest BCUT2D eigenvalue weighted by molar-refractivity contribution is 6.83. The van der Waals surface area contributed by atoms with Crippen molar-refractivity contribution >= 4 is 42.0 Å². The largest absolute Gasteiger partial charge is 0.494 e. The Hall–Kier alpha value is -4.40. The molecule has 41 heavy (non-hydrogen) atoms. The van der Waals surface area contributed by atoms with Crippen LogP contribution in [0.2, 0.25) is 19.6 Å². The molecule has 214 valence electrons. The molecular weight excluding hydrogens is 534 g/mol. The van der Waals surface area contributed by atoms with Crippen molar-refractivity contribution in [2.75, 3.05) is 45.4 Å². The summed E-state index contributed by atoms with van der Waals surface area (Å²) in [6.07, 6.45) is 4.14. The number of benzene rings is 2. The molecule has 0 spiro atoms. The summed E-state index contributed by atoms with van der Waals surface area (Å²) in [5.41, 5.74) is 8.52. The second kappa shape index (κ2) is 12.0. The average molecular weight is 572 g/mol. The number of rotatable bonds is 9. The van der Waals surface area contributed by atoms with Crippen LogP contribution in [0.5, 0.6) is 5.75 Å². The molecule has 4 aromatic rings. The Morgan fingerprint density at radius 3 is 2.59 bits per heavy atom. The Balaban J connectivity index is 1.78. The fourth-order valence-corrected chi connectivity index (χ4v) is 5.10. The predicted octanol–water partition coefficient (Wildman–Crippen LogP) is 5.67. The van der Waals surface area contributed by atoms with Crippen molar-refractivity contribution in [2.24, 2.45) is 7.05 Å². The molecule has 0 saturated heterocycles. The van der Waals surface area contributed by atoms with E-state index >= 15 is 0 Å². The summed E-state index contributed by atoms with van der Waals surface area (Å²) < 4.78 is 7.74. The summed E-state index contributed by atoms with van der Waals surface area (Å²) >= 11 is 0. The van der Waals surface area contributed by atoms with Crippen molar-refractivity contribution < 1.29 is 9.66 Å². The van der Waals surface area contributed by atoms with Gasteiger partial charge in [0.25, 0.3) is 5.69 Å². The number of nitro benzene ring substituents is 1. The van der Waals surface area contributed by atoms with E-state index in [1.54, 1.807) is 19.3 Å². The Bertz CT molecular complexity index is 1660. The molecule has 0 aliphatic carbocycles. The molecule has 10 nitrogen and oxygen atoms in total. The van der Waals surface area contributed by atoms with Gasteiger partial charge < -0.3 is 24.8 Å². The van der Waals surface area contributed by atoms with Crippen molar-refractivity contribution in [3.63, 3.8) is 0 Å². The third-order valence-corrected chi connectivity index (χ3v) is 7.46. The van der Waals surface area contributed by atoms with Crippen molar-refractivity contribution in [2.45, 2.75) is 26.1 Å². The van der Waals surface area contributed by atoms with E-state index < -0.39 is 8.07 Å². The molecule has 2 aromatic heterocycles. The van der Waals surface area contributed by atoms with E-state index in [-0.39, 0.29) is 10.6 Å². The summed E-state index contributed by atoms with van der Waals surface area (Å²) in [4.78, 5) is 23.0. The number of anilines is 3. The quantitative estimate of drug-likeness (QED) is 0.114. The van der Waals surface area contributed by atoms with E-state index in [0.717, 1.165) is 27.7 Å². The van der Waals surface area contributed by atoms with Crippen LogP contribution in [0.15, 0.2) is 42.7 Å². The number of fused-ring (bicyclic) bond motifs is 1. The van der Waals surface area contributed by atoms with E-state index in [1.165, 1.54) is 7.11 Å². The molecule has 0 amide bonds. The molecule has 0 aliphatic rings. The summed E-state index contributed by atoms with van der Waals surface area (Å²) in [6, 6.07) is 9.71. The Kier molecular flexibility index (Phi) is 8.65. The maximum Gasteiger partial charge on any atom is 0.297 e. The molecule has 0 aliphatic heterocycles. The molecule has 0 fully saturated rings. The lowest BCUT2D eigenvalue weighted by Crippen LogP contribution is -2.17. The highest BCUT2D eigenvalue weighted by atomic mass is 28.3. The van der Waals surface area contributed by atoms with Gasteiger partial charge in [-0.05, 0) is 38.7 Å². The number of nitrogens with one attached hydrogen (secondary N) is 2. The minimum absolute atomic E-state index is 0.00381. The van der Waals surface area contributed by atoms with Crippen LogP contribution in [-0.2, 0) is 13.5 Å². The zero-order valence-electron chi connectivity index (χ0n) is 24.9. The number of methoxy groups -OCH3 is 1. The van der Waals surface area contributed by atoms with Crippen molar-refractivity contribution in [1.29, 1.82) is 0 Å². The molecule has 0 atom stereocenters. The lowest BCUT2D eigenvalue weighted by molar-refractivity contribution is -0.384. The highest BCUT2D eigenvalue weighted by Crippen LogP contribution is 2.43. The van der Waals surface area contributed by atoms with Crippen molar-refractivity contribution in [3.8, 4) is 28.5 Å². The Labute approximate surface area is 241 Å². The molecule has 2 aromatic carbocycles. The minimum Gasteiger partial charge on any atom is -0.494 e. The second-order valence-corrected chi connectivity index (χ2v) is 15.9. The fraction of sp³-hybridized carbons (Fsp3) is 0.333. The normalized spacial score (nSPS) is 11.3. The lowest BCUT2D eigenvalue weighted by atomic mass is 10.0. The molecule has 4 rings (SSSR count). The number of hydrogen-bond donors (Lipinski definition) is 2. The highest BCUT2D eigenvalue weighted by Gasteiger charge is 2.27. The average Bonchev–Trinajstić information content (AvgIpc) is 3.25.